The number of piperazine rings is 1. The highest BCUT2D eigenvalue weighted by Crippen LogP contribution is 2.25. The van der Waals surface area contributed by atoms with E-state index in [-0.39, 0.29) is 18.6 Å². The standard InChI is InChI=1S/C18H19ClN2O2/c19-15-6-4-5-14(11-15)17-12-20-9-10-21(17)18(22)13-23-16-7-2-1-3-8-16/h1-8,11,17,20H,9-10,12-13H2. The Labute approximate surface area is 141 Å². The van der Waals surface area contributed by atoms with E-state index in [9.17, 15) is 4.79 Å². The Morgan fingerprint density at radius 2 is 2.04 bits per heavy atom. The van der Waals surface area contributed by atoms with Crippen LogP contribution in [0.1, 0.15) is 11.6 Å². The number of para-hydroxylation sites is 1. The number of carbonyl (C=O) groups excluding carboxylic acids is 1. The summed E-state index contributed by atoms with van der Waals surface area (Å²) in [6.45, 7) is 2.21. The van der Waals surface area contributed by atoms with Crippen LogP contribution in [-0.4, -0.2) is 37.0 Å². The third kappa shape index (κ3) is 4.03. The number of rotatable bonds is 4. The molecule has 5 heteroatoms. The van der Waals surface area contributed by atoms with Gasteiger partial charge in [0.25, 0.3) is 5.91 Å². The van der Waals surface area contributed by atoms with Crippen LogP contribution < -0.4 is 10.1 Å². The van der Waals surface area contributed by atoms with Gasteiger partial charge in [0.15, 0.2) is 6.61 Å². The molecule has 3 rings (SSSR count). The van der Waals surface area contributed by atoms with Crippen LogP contribution in [0.25, 0.3) is 0 Å². The Balaban J connectivity index is 1.69. The zero-order valence-electron chi connectivity index (χ0n) is 12.7. The second-order valence-corrected chi connectivity index (χ2v) is 5.90. The number of amides is 1. The monoisotopic (exact) mass is 330 g/mol. The summed E-state index contributed by atoms with van der Waals surface area (Å²) in [4.78, 5) is 14.4. The van der Waals surface area contributed by atoms with Crippen LogP contribution in [-0.2, 0) is 4.79 Å². The Morgan fingerprint density at radius 1 is 1.22 bits per heavy atom. The van der Waals surface area contributed by atoms with Gasteiger partial charge in [-0.25, -0.2) is 0 Å². The quantitative estimate of drug-likeness (QED) is 0.937. The number of hydrogen-bond acceptors (Lipinski definition) is 3. The molecule has 2 aromatic carbocycles. The lowest BCUT2D eigenvalue weighted by Crippen LogP contribution is -2.50. The second-order valence-electron chi connectivity index (χ2n) is 5.46. The van der Waals surface area contributed by atoms with Crippen LogP contribution in [0.5, 0.6) is 5.75 Å². The second kappa shape index (κ2) is 7.49. The van der Waals surface area contributed by atoms with Crippen LogP contribution >= 0.6 is 11.6 Å². The van der Waals surface area contributed by atoms with Gasteiger partial charge in [0.2, 0.25) is 0 Å². The fraction of sp³-hybridized carbons (Fsp3) is 0.278. The van der Waals surface area contributed by atoms with Crippen molar-refractivity contribution in [3.63, 3.8) is 0 Å². The van der Waals surface area contributed by atoms with Crippen molar-refractivity contribution in [1.29, 1.82) is 0 Å². The van der Waals surface area contributed by atoms with E-state index in [0.29, 0.717) is 17.3 Å². The van der Waals surface area contributed by atoms with Crippen molar-refractivity contribution in [1.82, 2.24) is 10.2 Å². The molecule has 2 aromatic rings. The molecule has 1 fully saturated rings. The maximum absolute atomic E-state index is 12.6. The van der Waals surface area contributed by atoms with E-state index < -0.39 is 0 Å². The van der Waals surface area contributed by atoms with E-state index in [4.69, 9.17) is 16.3 Å². The number of nitrogens with one attached hydrogen (secondary N) is 1. The molecule has 0 spiro atoms. The fourth-order valence-corrected chi connectivity index (χ4v) is 2.96. The molecule has 0 aliphatic carbocycles. The van der Waals surface area contributed by atoms with E-state index in [1.54, 1.807) is 0 Å². The van der Waals surface area contributed by atoms with E-state index in [2.05, 4.69) is 5.32 Å². The highest BCUT2D eigenvalue weighted by atomic mass is 35.5. The van der Waals surface area contributed by atoms with Crippen LogP contribution in [0, 0.1) is 0 Å². The molecule has 0 aromatic heterocycles. The van der Waals surface area contributed by atoms with Gasteiger partial charge in [-0.3, -0.25) is 4.79 Å². The molecule has 1 aliphatic heterocycles. The molecule has 0 saturated carbocycles. The normalized spacial score (nSPS) is 17.8. The number of nitrogens with zero attached hydrogens (tertiary/aromatic N) is 1. The SMILES string of the molecule is O=C(COc1ccccc1)N1CCNCC1c1cccc(Cl)c1. The minimum absolute atomic E-state index is 0.0136. The van der Waals surface area contributed by atoms with Gasteiger partial charge in [-0.1, -0.05) is 41.9 Å². The number of carbonyl (C=O) groups is 1. The topological polar surface area (TPSA) is 41.6 Å². The predicted octanol–water partition coefficient (Wildman–Crippen LogP) is 2.89. The lowest BCUT2D eigenvalue weighted by molar-refractivity contribution is -0.136. The minimum Gasteiger partial charge on any atom is -0.484 e. The first-order valence-electron chi connectivity index (χ1n) is 7.67. The first kappa shape index (κ1) is 15.8. The van der Waals surface area contributed by atoms with Crippen molar-refractivity contribution in [2.45, 2.75) is 6.04 Å². The highest BCUT2D eigenvalue weighted by molar-refractivity contribution is 6.30. The van der Waals surface area contributed by atoms with Crippen molar-refractivity contribution in [2.24, 2.45) is 0 Å². The molecule has 0 bridgehead atoms. The van der Waals surface area contributed by atoms with Crippen LogP contribution in [0.4, 0.5) is 0 Å². The van der Waals surface area contributed by atoms with Crippen molar-refractivity contribution in [3.8, 4) is 5.75 Å². The molecule has 1 N–H and O–H groups in total. The summed E-state index contributed by atoms with van der Waals surface area (Å²) in [6.07, 6.45) is 0. The summed E-state index contributed by atoms with van der Waals surface area (Å²) in [5, 5.41) is 4.02. The first-order chi connectivity index (χ1) is 11.2. The molecule has 1 amide bonds. The molecule has 1 atom stereocenters. The zero-order valence-corrected chi connectivity index (χ0v) is 13.5. The van der Waals surface area contributed by atoms with E-state index in [1.807, 2.05) is 59.5 Å². The molecule has 4 nitrogen and oxygen atoms in total. The third-order valence-electron chi connectivity index (χ3n) is 3.90. The average molecular weight is 331 g/mol. The molecular formula is C18H19ClN2O2. The van der Waals surface area contributed by atoms with Gasteiger partial charge in [0.05, 0.1) is 6.04 Å². The van der Waals surface area contributed by atoms with Crippen LogP contribution in [0.15, 0.2) is 54.6 Å². The van der Waals surface area contributed by atoms with Crippen LogP contribution in [0.3, 0.4) is 0 Å². The number of ether oxygens (including phenoxy) is 1. The highest BCUT2D eigenvalue weighted by Gasteiger charge is 2.28. The molecular weight excluding hydrogens is 312 g/mol. The predicted molar refractivity (Wildman–Crippen MR) is 90.7 cm³/mol. The number of benzene rings is 2. The summed E-state index contributed by atoms with van der Waals surface area (Å²) >= 11 is 6.08. The maximum atomic E-state index is 12.6. The van der Waals surface area contributed by atoms with Crippen molar-refractivity contribution >= 4 is 17.5 Å². The van der Waals surface area contributed by atoms with Crippen molar-refractivity contribution < 1.29 is 9.53 Å². The summed E-state index contributed by atoms with van der Waals surface area (Å²) in [5.41, 5.74) is 1.04. The van der Waals surface area contributed by atoms with Crippen molar-refractivity contribution in [3.05, 3.63) is 65.2 Å². The Kier molecular flexibility index (Phi) is 5.16. The van der Waals surface area contributed by atoms with Crippen LogP contribution in [0.2, 0.25) is 5.02 Å². The summed E-state index contributed by atoms with van der Waals surface area (Å²) < 4.78 is 5.59. The van der Waals surface area contributed by atoms with E-state index >= 15 is 0 Å². The summed E-state index contributed by atoms with van der Waals surface area (Å²) in [5.74, 6) is 0.690. The number of hydrogen-bond donors (Lipinski definition) is 1. The van der Waals surface area contributed by atoms with E-state index in [1.165, 1.54) is 0 Å². The Morgan fingerprint density at radius 3 is 2.83 bits per heavy atom. The molecule has 0 radical (unpaired) electrons. The Hall–Kier alpha value is -2.04. The van der Waals surface area contributed by atoms with Crippen molar-refractivity contribution in [2.75, 3.05) is 26.2 Å². The molecule has 1 heterocycles. The Bertz CT molecular complexity index is 663. The minimum atomic E-state index is -0.0191. The fourth-order valence-electron chi connectivity index (χ4n) is 2.76. The van der Waals surface area contributed by atoms with E-state index in [0.717, 1.165) is 18.7 Å². The number of halogens is 1. The molecule has 120 valence electrons. The average Bonchev–Trinajstić information content (AvgIpc) is 2.60. The van der Waals surface area contributed by atoms with Gasteiger partial charge >= 0.3 is 0 Å². The maximum Gasteiger partial charge on any atom is 0.261 e. The van der Waals surface area contributed by atoms with Gasteiger partial charge in [0, 0.05) is 24.7 Å². The van der Waals surface area contributed by atoms with Gasteiger partial charge in [-0.05, 0) is 29.8 Å². The summed E-state index contributed by atoms with van der Waals surface area (Å²) in [6, 6.07) is 17.0. The largest absolute Gasteiger partial charge is 0.484 e. The zero-order chi connectivity index (χ0) is 16.1. The van der Waals surface area contributed by atoms with Gasteiger partial charge in [-0.2, -0.15) is 0 Å². The lowest BCUT2D eigenvalue weighted by atomic mass is 10.0. The lowest BCUT2D eigenvalue weighted by Gasteiger charge is -2.36. The van der Waals surface area contributed by atoms with Gasteiger partial charge in [-0.15, -0.1) is 0 Å². The molecule has 1 saturated heterocycles. The molecule has 1 unspecified atom stereocenters. The third-order valence-corrected chi connectivity index (χ3v) is 4.14. The summed E-state index contributed by atoms with van der Waals surface area (Å²) in [7, 11) is 0. The smallest absolute Gasteiger partial charge is 0.261 e. The van der Waals surface area contributed by atoms with Gasteiger partial charge < -0.3 is 15.0 Å². The van der Waals surface area contributed by atoms with Gasteiger partial charge in [0.1, 0.15) is 5.75 Å². The first-order valence-corrected chi connectivity index (χ1v) is 8.05. The molecule has 1 aliphatic rings. The molecule has 23 heavy (non-hydrogen) atoms.